The second-order valence-corrected chi connectivity index (χ2v) is 6.75. The smallest absolute Gasteiger partial charge is 0.246 e. The minimum absolute atomic E-state index is 0.0281. The molecule has 1 aromatic heterocycles. The van der Waals surface area contributed by atoms with Crippen LogP contribution in [-0.4, -0.2) is 41.9 Å². The van der Waals surface area contributed by atoms with Gasteiger partial charge in [-0.2, -0.15) is 0 Å². The molecule has 1 fully saturated rings. The Morgan fingerprint density at radius 3 is 2.77 bits per heavy atom. The number of hydrogen-bond donors (Lipinski definition) is 1. The summed E-state index contributed by atoms with van der Waals surface area (Å²) in [6.45, 7) is 1.15. The lowest BCUT2D eigenvalue weighted by atomic mass is 9.95. The van der Waals surface area contributed by atoms with E-state index >= 15 is 0 Å². The first kappa shape index (κ1) is 18.1. The highest BCUT2D eigenvalue weighted by Crippen LogP contribution is 2.25. The van der Waals surface area contributed by atoms with Crippen molar-refractivity contribution in [3.05, 3.63) is 46.9 Å². The summed E-state index contributed by atoms with van der Waals surface area (Å²) in [5, 5.41) is 4.82. The highest BCUT2D eigenvalue weighted by atomic mass is 32.1. The number of carbonyl (C=O) groups excluding carboxylic acids is 2. The van der Waals surface area contributed by atoms with Crippen LogP contribution in [0.3, 0.4) is 0 Å². The first-order valence-electron chi connectivity index (χ1n) is 8.46. The zero-order valence-corrected chi connectivity index (χ0v) is 15.4. The summed E-state index contributed by atoms with van der Waals surface area (Å²) >= 11 is 1.49. The van der Waals surface area contributed by atoms with Gasteiger partial charge in [-0.25, -0.2) is 4.98 Å². The van der Waals surface area contributed by atoms with Gasteiger partial charge in [-0.1, -0.05) is 12.1 Å². The Kier molecular flexibility index (Phi) is 6.01. The van der Waals surface area contributed by atoms with Crippen LogP contribution in [0.2, 0.25) is 0 Å². The van der Waals surface area contributed by atoms with Crippen LogP contribution >= 0.6 is 11.3 Å². The van der Waals surface area contributed by atoms with E-state index in [9.17, 15) is 9.59 Å². The van der Waals surface area contributed by atoms with Crippen molar-refractivity contribution in [2.45, 2.75) is 12.8 Å². The van der Waals surface area contributed by atoms with Gasteiger partial charge in [0, 0.05) is 30.5 Å². The molecule has 0 unspecified atom stereocenters. The summed E-state index contributed by atoms with van der Waals surface area (Å²) in [4.78, 5) is 30.6. The van der Waals surface area contributed by atoms with Crippen molar-refractivity contribution in [2.75, 3.05) is 25.5 Å². The van der Waals surface area contributed by atoms with E-state index in [1.165, 1.54) is 11.3 Å². The number of aromatic nitrogens is 1. The van der Waals surface area contributed by atoms with E-state index in [1.807, 2.05) is 29.6 Å². The van der Waals surface area contributed by atoms with Gasteiger partial charge >= 0.3 is 0 Å². The van der Waals surface area contributed by atoms with Crippen LogP contribution in [0.1, 0.15) is 18.5 Å². The fraction of sp³-hybridized carbons (Fsp3) is 0.316. The molecule has 0 aliphatic carbocycles. The normalized spacial score (nSPS) is 15.2. The van der Waals surface area contributed by atoms with E-state index in [0.29, 0.717) is 37.4 Å². The standard InChI is InChI=1S/C19H21N3O3S/c1-25-17-5-3-2-4-16(17)21-19(24)14-8-10-22(11-9-14)18(23)7-6-15-12-26-13-20-15/h2-7,12-14H,8-11H2,1H3,(H,21,24)/b7-6+. The molecule has 136 valence electrons. The lowest BCUT2D eigenvalue weighted by molar-refractivity contribution is -0.130. The average molecular weight is 371 g/mol. The van der Waals surface area contributed by atoms with Gasteiger partial charge in [-0.15, -0.1) is 11.3 Å². The van der Waals surface area contributed by atoms with Crippen LogP contribution in [0.5, 0.6) is 5.75 Å². The van der Waals surface area contributed by atoms with Crippen LogP contribution < -0.4 is 10.1 Å². The average Bonchev–Trinajstić information content (AvgIpc) is 3.20. The molecule has 7 heteroatoms. The third-order valence-electron chi connectivity index (χ3n) is 4.39. The predicted molar refractivity (Wildman–Crippen MR) is 102 cm³/mol. The predicted octanol–water partition coefficient (Wildman–Crippen LogP) is 3.04. The molecule has 2 heterocycles. The molecule has 1 N–H and O–H groups in total. The Bertz CT molecular complexity index is 781. The van der Waals surface area contributed by atoms with E-state index in [1.54, 1.807) is 29.7 Å². The number of hydrogen-bond acceptors (Lipinski definition) is 5. The maximum atomic E-state index is 12.5. The van der Waals surface area contributed by atoms with Crippen LogP contribution in [-0.2, 0) is 9.59 Å². The first-order valence-corrected chi connectivity index (χ1v) is 9.40. The molecule has 1 saturated heterocycles. The van der Waals surface area contributed by atoms with Gasteiger partial charge in [0.15, 0.2) is 0 Å². The van der Waals surface area contributed by atoms with Crippen LogP contribution in [0.25, 0.3) is 6.08 Å². The van der Waals surface area contributed by atoms with Crippen molar-refractivity contribution in [1.29, 1.82) is 0 Å². The van der Waals surface area contributed by atoms with E-state index in [2.05, 4.69) is 10.3 Å². The van der Waals surface area contributed by atoms with Crippen molar-refractivity contribution in [3.8, 4) is 5.75 Å². The molecule has 0 spiro atoms. The molecular weight excluding hydrogens is 350 g/mol. The van der Waals surface area contributed by atoms with E-state index in [-0.39, 0.29) is 17.7 Å². The zero-order chi connectivity index (χ0) is 18.4. The fourth-order valence-electron chi connectivity index (χ4n) is 2.91. The largest absolute Gasteiger partial charge is 0.495 e. The van der Waals surface area contributed by atoms with Crippen molar-refractivity contribution in [2.24, 2.45) is 5.92 Å². The molecule has 2 amide bonds. The summed E-state index contributed by atoms with van der Waals surface area (Å²) in [6, 6.07) is 7.34. The number of para-hydroxylation sites is 2. The summed E-state index contributed by atoms with van der Waals surface area (Å²) in [6.07, 6.45) is 4.57. The number of benzene rings is 1. The number of likely N-dealkylation sites (tertiary alicyclic amines) is 1. The lowest BCUT2D eigenvalue weighted by Crippen LogP contribution is -2.40. The van der Waals surface area contributed by atoms with Gasteiger partial charge in [0.2, 0.25) is 11.8 Å². The zero-order valence-electron chi connectivity index (χ0n) is 14.6. The molecule has 0 saturated carbocycles. The number of methoxy groups -OCH3 is 1. The SMILES string of the molecule is COc1ccccc1NC(=O)C1CCN(C(=O)/C=C/c2cscn2)CC1. The number of thiazole rings is 1. The number of piperidine rings is 1. The maximum Gasteiger partial charge on any atom is 0.246 e. The molecule has 1 aliphatic heterocycles. The molecular formula is C19H21N3O3S. The number of ether oxygens (including phenoxy) is 1. The van der Waals surface area contributed by atoms with Crippen molar-refractivity contribution in [1.82, 2.24) is 9.88 Å². The second-order valence-electron chi connectivity index (χ2n) is 6.04. The van der Waals surface area contributed by atoms with Crippen LogP contribution in [0, 0.1) is 5.92 Å². The fourth-order valence-corrected chi connectivity index (χ4v) is 3.43. The highest BCUT2D eigenvalue weighted by molar-refractivity contribution is 7.07. The van der Waals surface area contributed by atoms with E-state index < -0.39 is 0 Å². The maximum absolute atomic E-state index is 12.5. The number of rotatable bonds is 5. The quantitative estimate of drug-likeness (QED) is 0.820. The number of anilines is 1. The molecule has 1 aromatic carbocycles. The molecule has 0 radical (unpaired) electrons. The monoisotopic (exact) mass is 371 g/mol. The van der Waals surface area contributed by atoms with Crippen molar-refractivity contribution in [3.63, 3.8) is 0 Å². The topological polar surface area (TPSA) is 71.5 Å². The summed E-state index contributed by atoms with van der Waals surface area (Å²) in [5.41, 5.74) is 3.19. The van der Waals surface area contributed by atoms with Gasteiger partial charge in [0.25, 0.3) is 0 Å². The van der Waals surface area contributed by atoms with E-state index in [4.69, 9.17) is 4.74 Å². The Morgan fingerprint density at radius 2 is 2.08 bits per heavy atom. The summed E-state index contributed by atoms with van der Waals surface area (Å²) < 4.78 is 5.26. The molecule has 2 aromatic rings. The van der Waals surface area contributed by atoms with Gasteiger partial charge in [0.05, 0.1) is 24.0 Å². The van der Waals surface area contributed by atoms with Crippen molar-refractivity contribution >= 4 is 34.9 Å². The van der Waals surface area contributed by atoms with E-state index in [0.717, 1.165) is 5.69 Å². The summed E-state index contributed by atoms with van der Waals surface area (Å²) in [5.74, 6) is 0.466. The molecule has 0 bridgehead atoms. The van der Waals surface area contributed by atoms with Gasteiger partial charge < -0.3 is 15.0 Å². The Labute approximate surface area is 156 Å². The minimum atomic E-state index is -0.105. The molecule has 6 nitrogen and oxygen atoms in total. The molecule has 3 rings (SSSR count). The molecule has 0 atom stereocenters. The Balaban J connectivity index is 1.51. The molecule has 1 aliphatic rings. The van der Waals surface area contributed by atoms with Gasteiger partial charge in [0.1, 0.15) is 5.75 Å². The highest BCUT2D eigenvalue weighted by Gasteiger charge is 2.27. The second kappa shape index (κ2) is 8.62. The lowest BCUT2D eigenvalue weighted by Gasteiger charge is -2.30. The number of nitrogens with zero attached hydrogens (tertiary/aromatic N) is 2. The number of carbonyl (C=O) groups is 2. The number of nitrogens with one attached hydrogen (secondary N) is 1. The molecule has 26 heavy (non-hydrogen) atoms. The Hall–Kier alpha value is -2.67. The van der Waals surface area contributed by atoms with Crippen LogP contribution in [0.4, 0.5) is 5.69 Å². The van der Waals surface area contributed by atoms with Crippen LogP contribution in [0.15, 0.2) is 41.2 Å². The minimum Gasteiger partial charge on any atom is -0.495 e. The van der Waals surface area contributed by atoms with Gasteiger partial charge in [-0.05, 0) is 31.1 Å². The van der Waals surface area contributed by atoms with Crippen molar-refractivity contribution < 1.29 is 14.3 Å². The number of amides is 2. The van der Waals surface area contributed by atoms with Gasteiger partial charge in [-0.3, -0.25) is 9.59 Å². The Morgan fingerprint density at radius 1 is 1.31 bits per heavy atom. The first-order chi connectivity index (χ1) is 12.7. The third-order valence-corrected chi connectivity index (χ3v) is 5.00. The summed E-state index contributed by atoms with van der Waals surface area (Å²) in [7, 11) is 1.58. The third kappa shape index (κ3) is 4.49.